The Kier molecular flexibility index (Phi) is 4.14. The molecule has 1 N–H and O–H groups in total. The Morgan fingerprint density at radius 1 is 1.26 bits per heavy atom. The zero-order chi connectivity index (χ0) is 13.2. The largest absolute Gasteiger partial charge is 0.310 e. The number of benzene rings is 1. The SMILES string of the molecule is CCNC(CC1CC2CCC1C2)c1ccccc1Cl. The molecule has 1 aromatic rings. The first-order chi connectivity index (χ1) is 9.28. The van der Waals surface area contributed by atoms with Gasteiger partial charge in [-0.3, -0.25) is 0 Å². The summed E-state index contributed by atoms with van der Waals surface area (Å²) in [5.74, 6) is 2.94. The highest BCUT2D eigenvalue weighted by molar-refractivity contribution is 6.31. The zero-order valence-corrected chi connectivity index (χ0v) is 12.5. The quantitative estimate of drug-likeness (QED) is 0.814. The first-order valence-electron chi connectivity index (χ1n) is 7.75. The van der Waals surface area contributed by atoms with E-state index in [4.69, 9.17) is 11.6 Å². The molecule has 0 radical (unpaired) electrons. The van der Waals surface area contributed by atoms with Crippen molar-refractivity contribution in [3.8, 4) is 0 Å². The van der Waals surface area contributed by atoms with Crippen molar-refractivity contribution in [2.75, 3.05) is 6.54 Å². The van der Waals surface area contributed by atoms with Crippen LogP contribution < -0.4 is 5.32 Å². The van der Waals surface area contributed by atoms with Gasteiger partial charge in [0, 0.05) is 11.1 Å². The maximum atomic E-state index is 6.38. The van der Waals surface area contributed by atoms with Gasteiger partial charge in [-0.15, -0.1) is 0 Å². The van der Waals surface area contributed by atoms with E-state index in [1.165, 1.54) is 37.7 Å². The third kappa shape index (κ3) is 2.83. The number of hydrogen-bond donors (Lipinski definition) is 1. The molecule has 0 aromatic heterocycles. The van der Waals surface area contributed by atoms with Gasteiger partial charge >= 0.3 is 0 Å². The number of halogens is 1. The average molecular weight is 278 g/mol. The second-order valence-corrected chi connectivity index (χ2v) is 6.71. The van der Waals surface area contributed by atoms with E-state index < -0.39 is 0 Å². The molecule has 3 rings (SSSR count). The molecule has 2 saturated carbocycles. The molecule has 2 fully saturated rings. The van der Waals surface area contributed by atoms with Crippen LogP contribution in [0.4, 0.5) is 0 Å². The Balaban J connectivity index is 1.73. The van der Waals surface area contributed by atoms with Gasteiger partial charge < -0.3 is 5.32 Å². The second-order valence-electron chi connectivity index (χ2n) is 6.30. The minimum atomic E-state index is 0.433. The summed E-state index contributed by atoms with van der Waals surface area (Å²) in [6.45, 7) is 3.20. The van der Waals surface area contributed by atoms with Gasteiger partial charge in [-0.25, -0.2) is 0 Å². The Labute approximate surface area is 121 Å². The maximum absolute atomic E-state index is 6.38. The minimum absolute atomic E-state index is 0.433. The van der Waals surface area contributed by atoms with E-state index in [0.717, 1.165) is 29.3 Å². The molecule has 2 aliphatic carbocycles. The highest BCUT2D eigenvalue weighted by Crippen LogP contribution is 2.51. The molecule has 0 spiro atoms. The molecule has 0 aliphatic heterocycles. The van der Waals surface area contributed by atoms with Crippen LogP contribution in [0.1, 0.15) is 50.6 Å². The molecule has 104 valence electrons. The summed E-state index contributed by atoms with van der Waals surface area (Å²) in [6, 6.07) is 8.76. The summed E-state index contributed by atoms with van der Waals surface area (Å²) < 4.78 is 0. The average Bonchev–Trinajstić information content (AvgIpc) is 3.01. The van der Waals surface area contributed by atoms with E-state index in [-0.39, 0.29) is 0 Å². The first-order valence-corrected chi connectivity index (χ1v) is 8.13. The van der Waals surface area contributed by atoms with E-state index in [2.05, 4.69) is 24.4 Å². The van der Waals surface area contributed by atoms with Crippen molar-refractivity contribution in [1.82, 2.24) is 5.32 Å². The lowest BCUT2D eigenvalue weighted by atomic mass is 9.82. The van der Waals surface area contributed by atoms with Crippen molar-refractivity contribution < 1.29 is 0 Å². The molecular weight excluding hydrogens is 254 g/mol. The Morgan fingerprint density at radius 3 is 2.74 bits per heavy atom. The smallest absolute Gasteiger partial charge is 0.0453 e. The molecule has 19 heavy (non-hydrogen) atoms. The van der Waals surface area contributed by atoms with Crippen molar-refractivity contribution in [2.24, 2.45) is 17.8 Å². The van der Waals surface area contributed by atoms with E-state index in [9.17, 15) is 0 Å². The van der Waals surface area contributed by atoms with Crippen LogP contribution in [-0.4, -0.2) is 6.54 Å². The highest BCUT2D eigenvalue weighted by atomic mass is 35.5. The summed E-state index contributed by atoms with van der Waals surface area (Å²) in [4.78, 5) is 0. The molecule has 0 heterocycles. The first kappa shape index (κ1) is 13.5. The molecule has 2 heteroatoms. The number of fused-ring (bicyclic) bond motifs is 2. The predicted molar refractivity (Wildman–Crippen MR) is 81.4 cm³/mol. The summed E-state index contributed by atoms with van der Waals surface area (Å²) in [6.07, 6.45) is 7.16. The lowest BCUT2D eigenvalue weighted by molar-refractivity contribution is 0.280. The predicted octanol–water partition coefficient (Wildman–Crippen LogP) is 4.82. The van der Waals surface area contributed by atoms with Crippen molar-refractivity contribution >= 4 is 11.6 Å². The van der Waals surface area contributed by atoms with Crippen LogP contribution in [0, 0.1) is 17.8 Å². The van der Waals surface area contributed by atoms with E-state index in [1.54, 1.807) is 0 Å². The lowest BCUT2D eigenvalue weighted by Gasteiger charge is -2.28. The normalized spacial score (nSPS) is 30.7. The van der Waals surface area contributed by atoms with Gasteiger partial charge in [0.15, 0.2) is 0 Å². The third-order valence-electron chi connectivity index (χ3n) is 5.15. The fraction of sp³-hybridized carbons (Fsp3) is 0.647. The Hall–Kier alpha value is -0.530. The second kappa shape index (κ2) is 5.85. The van der Waals surface area contributed by atoms with Gasteiger partial charge in [-0.05, 0) is 61.6 Å². The van der Waals surface area contributed by atoms with Crippen LogP contribution in [0.25, 0.3) is 0 Å². The molecule has 0 amide bonds. The minimum Gasteiger partial charge on any atom is -0.310 e. The Morgan fingerprint density at radius 2 is 2.11 bits per heavy atom. The van der Waals surface area contributed by atoms with Gasteiger partial charge in [0.25, 0.3) is 0 Å². The van der Waals surface area contributed by atoms with E-state index >= 15 is 0 Å². The Bertz CT molecular complexity index is 431. The maximum Gasteiger partial charge on any atom is 0.0453 e. The molecule has 0 saturated heterocycles. The topological polar surface area (TPSA) is 12.0 Å². The van der Waals surface area contributed by atoms with Crippen LogP contribution in [0.2, 0.25) is 5.02 Å². The lowest BCUT2D eigenvalue weighted by Crippen LogP contribution is -2.25. The molecular formula is C17H24ClN. The van der Waals surface area contributed by atoms with Crippen molar-refractivity contribution in [2.45, 2.75) is 45.1 Å². The summed E-state index contributed by atoms with van der Waals surface area (Å²) in [7, 11) is 0. The summed E-state index contributed by atoms with van der Waals surface area (Å²) in [5, 5.41) is 4.56. The molecule has 1 nitrogen and oxygen atoms in total. The van der Waals surface area contributed by atoms with Crippen LogP contribution in [0.5, 0.6) is 0 Å². The van der Waals surface area contributed by atoms with Gasteiger partial charge in [0.2, 0.25) is 0 Å². The van der Waals surface area contributed by atoms with Crippen molar-refractivity contribution in [3.05, 3.63) is 34.9 Å². The number of rotatable bonds is 5. The summed E-state index contributed by atoms with van der Waals surface area (Å²) >= 11 is 6.38. The molecule has 4 atom stereocenters. The van der Waals surface area contributed by atoms with Crippen LogP contribution >= 0.6 is 11.6 Å². The highest BCUT2D eigenvalue weighted by Gasteiger charge is 2.40. The summed E-state index contributed by atoms with van der Waals surface area (Å²) in [5.41, 5.74) is 1.29. The van der Waals surface area contributed by atoms with Gasteiger partial charge in [-0.1, -0.05) is 43.1 Å². The van der Waals surface area contributed by atoms with Crippen molar-refractivity contribution in [1.29, 1.82) is 0 Å². The fourth-order valence-electron chi connectivity index (χ4n) is 4.29. The molecule has 4 unspecified atom stereocenters. The van der Waals surface area contributed by atoms with Crippen LogP contribution in [-0.2, 0) is 0 Å². The van der Waals surface area contributed by atoms with Gasteiger partial charge in [-0.2, -0.15) is 0 Å². The monoisotopic (exact) mass is 277 g/mol. The molecule has 2 bridgehead atoms. The van der Waals surface area contributed by atoms with Gasteiger partial charge in [0.05, 0.1) is 0 Å². The number of hydrogen-bond acceptors (Lipinski definition) is 1. The fourth-order valence-corrected chi connectivity index (χ4v) is 4.56. The standard InChI is InChI=1S/C17H24ClN/c1-2-19-17(15-5-3-4-6-16(15)18)11-14-10-12-7-8-13(14)9-12/h3-6,12-14,17,19H,2,7-11H2,1H3. The third-order valence-corrected chi connectivity index (χ3v) is 5.50. The number of nitrogens with one attached hydrogen (secondary N) is 1. The molecule has 2 aliphatic rings. The van der Waals surface area contributed by atoms with Crippen molar-refractivity contribution in [3.63, 3.8) is 0 Å². The zero-order valence-electron chi connectivity index (χ0n) is 11.7. The van der Waals surface area contributed by atoms with Gasteiger partial charge in [0.1, 0.15) is 0 Å². The van der Waals surface area contributed by atoms with Crippen LogP contribution in [0.3, 0.4) is 0 Å². The molecule has 1 aromatic carbocycles. The van der Waals surface area contributed by atoms with E-state index in [0.29, 0.717) is 6.04 Å². The van der Waals surface area contributed by atoms with E-state index in [1.807, 2.05) is 12.1 Å². The van der Waals surface area contributed by atoms with Crippen LogP contribution in [0.15, 0.2) is 24.3 Å².